The molecule has 1 N–H and O–H groups in total. The summed E-state index contributed by atoms with van der Waals surface area (Å²) in [6.07, 6.45) is 2.63. The molecule has 0 bridgehead atoms. The zero-order valence-electron chi connectivity index (χ0n) is 16.0. The summed E-state index contributed by atoms with van der Waals surface area (Å²) < 4.78 is 1.43. The Hall–Kier alpha value is -2.99. The first-order chi connectivity index (χ1) is 13.6. The lowest BCUT2D eigenvalue weighted by molar-refractivity contribution is 0.0950. The highest BCUT2D eigenvalue weighted by Gasteiger charge is 2.23. The van der Waals surface area contributed by atoms with Crippen molar-refractivity contribution in [3.63, 3.8) is 0 Å². The number of carbonyl (C=O) groups is 1. The van der Waals surface area contributed by atoms with Crippen LogP contribution in [0.25, 0.3) is 10.9 Å². The fourth-order valence-corrected chi connectivity index (χ4v) is 3.81. The Bertz CT molecular complexity index is 1050. The van der Waals surface area contributed by atoms with Crippen LogP contribution in [0.5, 0.6) is 0 Å². The van der Waals surface area contributed by atoms with Crippen molar-refractivity contribution in [3.05, 3.63) is 76.3 Å². The van der Waals surface area contributed by atoms with E-state index in [9.17, 15) is 9.59 Å². The zero-order valence-corrected chi connectivity index (χ0v) is 16.0. The van der Waals surface area contributed by atoms with Crippen molar-refractivity contribution in [3.8, 4) is 0 Å². The Morgan fingerprint density at radius 3 is 2.86 bits per heavy atom. The van der Waals surface area contributed by atoms with Gasteiger partial charge >= 0.3 is 0 Å². The Labute approximate surface area is 163 Å². The Morgan fingerprint density at radius 1 is 1.21 bits per heavy atom. The van der Waals surface area contributed by atoms with Crippen LogP contribution in [0, 0.1) is 0 Å². The van der Waals surface area contributed by atoms with Crippen molar-refractivity contribution in [1.82, 2.24) is 19.8 Å². The molecule has 6 nitrogen and oxygen atoms in total. The van der Waals surface area contributed by atoms with Crippen LogP contribution in [-0.2, 0) is 7.05 Å². The van der Waals surface area contributed by atoms with Crippen LogP contribution in [0.15, 0.2) is 59.7 Å². The van der Waals surface area contributed by atoms with Crippen molar-refractivity contribution >= 4 is 16.8 Å². The number of aromatic nitrogens is 2. The fourth-order valence-electron chi connectivity index (χ4n) is 3.81. The number of nitrogens with one attached hydrogen (secondary N) is 1. The average molecular weight is 376 g/mol. The molecule has 0 saturated carbocycles. The van der Waals surface area contributed by atoms with Crippen LogP contribution in [-0.4, -0.2) is 46.5 Å². The summed E-state index contributed by atoms with van der Waals surface area (Å²) in [5, 5.41) is 3.50. The van der Waals surface area contributed by atoms with Crippen molar-refractivity contribution in [2.24, 2.45) is 7.05 Å². The number of carbonyl (C=O) groups excluding carboxylic acids is 1. The minimum absolute atomic E-state index is 0.112. The number of rotatable bonds is 5. The van der Waals surface area contributed by atoms with Gasteiger partial charge in [-0.3, -0.25) is 9.59 Å². The quantitative estimate of drug-likeness (QED) is 0.741. The Morgan fingerprint density at radius 2 is 2.04 bits per heavy atom. The van der Waals surface area contributed by atoms with E-state index in [4.69, 9.17) is 0 Å². The molecule has 1 saturated heterocycles. The molecule has 0 aliphatic carbocycles. The van der Waals surface area contributed by atoms with Crippen molar-refractivity contribution < 1.29 is 4.79 Å². The van der Waals surface area contributed by atoms with Gasteiger partial charge in [-0.05, 0) is 42.6 Å². The first-order valence-electron chi connectivity index (χ1n) is 9.63. The van der Waals surface area contributed by atoms with E-state index in [0.717, 1.165) is 26.1 Å². The molecule has 0 radical (unpaired) electrons. The number of hydrogen-bond donors (Lipinski definition) is 1. The van der Waals surface area contributed by atoms with Gasteiger partial charge < -0.3 is 14.8 Å². The summed E-state index contributed by atoms with van der Waals surface area (Å²) >= 11 is 0. The van der Waals surface area contributed by atoms with E-state index in [1.165, 1.54) is 16.5 Å². The lowest BCUT2D eigenvalue weighted by atomic mass is 9.99. The summed E-state index contributed by atoms with van der Waals surface area (Å²) in [7, 11) is 1.66. The average Bonchev–Trinajstić information content (AvgIpc) is 3.20. The second-order valence-corrected chi connectivity index (χ2v) is 7.35. The van der Waals surface area contributed by atoms with Crippen LogP contribution in [0.1, 0.15) is 28.3 Å². The maximum Gasteiger partial charge on any atom is 0.260 e. The highest BCUT2D eigenvalue weighted by molar-refractivity contribution is 5.97. The van der Waals surface area contributed by atoms with Gasteiger partial charge in [-0.1, -0.05) is 30.3 Å². The molecule has 1 atom stereocenters. The van der Waals surface area contributed by atoms with E-state index < -0.39 is 0 Å². The lowest BCUT2D eigenvalue weighted by Crippen LogP contribution is -2.33. The van der Waals surface area contributed by atoms with Crippen molar-refractivity contribution in [1.29, 1.82) is 0 Å². The molecule has 6 heteroatoms. The molecule has 28 heavy (non-hydrogen) atoms. The third-order valence-electron chi connectivity index (χ3n) is 5.44. The minimum atomic E-state index is -0.136. The standard InChI is InChI=1S/C22H24N4O2/c1-25-15-24-20-13-17(7-8-19(20)22(25)28)21(27)23-10-12-26-11-9-18(14-26)16-5-3-2-4-6-16/h2-8,13,15,18H,9-12,14H2,1H3,(H,23,27)/t18-/m1/s1. The maximum atomic E-state index is 12.5. The van der Waals surface area contributed by atoms with E-state index in [0.29, 0.717) is 28.9 Å². The number of benzene rings is 2. The summed E-state index contributed by atoms with van der Waals surface area (Å²) in [6.45, 7) is 3.52. The van der Waals surface area contributed by atoms with E-state index in [-0.39, 0.29) is 11.5 Å². The normalized spacial score (nSPS) is 17.1. The smallest absolute Gasteiger partial charge is 0.260 e. The van der Waals surface area contributed by atoms with Gasteiger partial charge in [-0.25, -0.2) is 4.98 Å². The van der Waals surface area contributed by atoms with E-state index in [2.05, 4.69) is 39.5 Å². The van der Waals surface area contributed by atoms with E-state index in [1.54, 1.807) is 25.2 Å². The zero-order chi connectivity index (χ0) is 19.5. The Balaban J connectivity index is 1.32. The first kappa shape index (κ1) is 18.4. The molecule has 2 heterocycles. The van der Waals surface area contributed by atoms with Gasteiger partial charge in [-0.15, -0.1) is 0 Å². The molecule has 1 aliphatic heterocycles. The van der Waals surface area contributed by atoms with Crippen molar-refractivity contribution in [2.45, 2.75) is 12.3 Å². The third-order valence-corrected chi connectivity index (χ3v) is 5.44. The number of nitrogens with zero attached hydrogens (tertiary/aromatic N) is 3. The SMILES string of the molecule is Cn1cnc2cc(C(=O)NCCN3CC[C@@H](c4ccccc4)C3)ccc2c1=O. The topological polar surface area (TPSA) is 67.2 Å². The van der Waals surface area contributed by atoms with Crippen LogP contribution in [0.3, 0.4) is 0 Å². The largest absolute Gasteiger partial charge is 0.351 e. The number of likely N-dealkylation sites (tertiary alicyclic amines) is 1. The van der Waals surface area contributed by atoms with Gasteiger partial charge in [-0.2, -0.15) is 0 Å². The summed E-state index contributed by atoms with van der Waals surface area (Å²) in [6, 6.07) is 15.6. The molecule has 144 valence electrons. The monoisotopic (exact) mass is 376 g/mol. The van der Waals surface area contributed by atoms with Gasteiger partial charge in [0.2, 0.25) is 0 Å². The highest BCUT2D eigenvalue weighted by atomic mass is 16.1. The van der Waals surface area contributed by atoms with Gasteiger partial charge in [0.25, 0.3) is 11.5 Å². The van der Waals surface area contributed by atoms with E-state index >= 15 is 0 Å². The molecule has 2 aromatic carbocycles. The van der Waals surface area contributed by atoms with Gasteiger partial charge in [0.15, 0.2) is 0 Å². The van der Waals surface area contributed by atoms with E-state index in [1.807, 2.05) is 6.07 Å². The molecular weight excluding hydrogens is 352 g/mol. The minimum Gasteiger partial charge on any atom is -0.351 e. The lowest BCUT2D eigenvalue weighted by Gasteiger charge is -2.16. The predicted octanol–water partition coefficient (Wildman–Crippen LogP) is 2.15. The second kappa shape index (κ2) is 7.94. The predicted molar refractivity (Wildman–Crippen MR) is 110 cm³/mol. The number of hydrogen-bond acceptors (Lipinski definition) is 4. The molecule has 0 unspecified atom stereocenters. The van der Waals surface area contributed by atoms with Crippen LogP contribution in [0.2, 0.25) is 0 Å². The molecule has 4 rings (SSSR count). The van der Waals surface area contributed by atoms with Gasteiger partial charge in [0.05, 0.1) is 17.2 Å². The fraction of sp³-hybridized carbons (Fsp3) is 0.318. The molecule has 0 spiro atoms. The molecule has 1 aliphatic rings. The molecular formula is C22H24N4O2. The second-order valence-electron chi connectivity index (χ2n) is 7.35. The van der Waals surface area contributed by atoms with Gasteiger partial charge in [0, 0.05) is 32.2 Å². The Kier molecular flexibility index (Phi) is 5.21. The summed E-state index contributed by atoms with van der Waals surface area (Å²) in [5.74, 6) is 0.439. The molecule has 1 aromatic heterocycles. The van der Waals surface area contributed by atoms with Gasteiger partial charge in [0.1, 0.15) is 0 Å². The van der Waals surface area contributed by atoms with Crippen molar-refractivity contribution in [2.75, 3.05) is 26.2 Å². The molecule has 1 fully saturated rings. The number of amides is 1. The summed E-state index contributed by atoms with van der Waals surface area (Å²) in [5.41, 5.74) is 2.35. The number of aryl methyl sites for hydroxylation is 1. The van der Waals surface area contributed by atoms with Crippen LogP contribution < -0.4 is 10.9 Å². The van der Waals surface area contributed by atoms with Crippen LogP contribution in [0.4, 0.5) is 0 Å². The summed E-state index contributed by atoms with van der Waals surface area (Å²) in [4.78, 5) is 31.2. The molecule has 1 amide bonds. The number of fused-ring (bicyclic) bond motifs is 1. The third kappa shape index (κ3) is 3.82. The molecule has 3 aromatic rings. The van der Waals surface area contributed by atoms with Crippen LogP contribution >= 0.6 is 0 Å². The highest BCUT2D eigenvalue weighted by Crippen LogP contribution is 2.26. The first-order valence-corrected chi connectivity index (χ1v) is 9.63. The maximum absolute atomic E-state index is 12.5.